The van der Waals surface area contributed by atoms with Gasteiger partial charge in [0.15, 0.2) is 11.6 Å². The minimum absolute atomic E-state index is 0.0926. The monoisotopic (exact) mass is 397 g/mol. The van der Waals surface area contributed by atoms with Gasteiger partial charge in [0.25, 0.3) is 0 Å². The van der Waals surface area contributed by atoms with Crippen LogP contribution in [0.15, 0.2) is 48.8 Å². The van der Waals surface area contributed by atoms with Gasteiger partial charge in [-0.05, 0) is 49.1 Å². The highest BCUT2D eigenvalue weighted by Gasteiger charge is 2.34. The number of anilines is 1. The molecule has 2 aromatic heterocycles. The fraction of sp³-hybridized carbons (Fsp3) is 0.381. The number of aliphatic hydroxyl groups excluding tert-OH is 1. The van der Waals surface area contributed by atoms with Crippen molar-refractivity contribution in [3.8, 4) is 11.5 Å². The van der Waals surface area contributed by atoms with Crippen LogP contribution in [0.3, 0.4) is 0 Å². The summed E-state index contributed by atoms with van der Waals surface area (Å²) in [6.07, 6.45) is 6.33. The molecular weight excluding hydrogens is 374 g/mol. The molecule has 0 atom stereocenters. The van der Waals surface area contributed by atoms with Crippen LogP contribution in [-0.4, -0.2) is 44.6 Å². The smallest absolute Gasteiger partial charge is 0.160 e. The van der Waals surface area contributed by atoms with Crippen molar-refractivity contribution in [1.29, 1.82) is 0 Å². The predicted octanol–water partition coefficient (Wildman–Crippen LogP) is 3.35. The van der Waals surface area contributed by atoms with Crippen LogP contribution in [-0.2, 0) is 13.5 Å². The Morgan fingerprint density at radius 1 is 1.07 bits per heavy atom. The van der Waals surface area contributed by atoms with Crippen molar-refractivity contribution < 1.29 is 5.11 Å². The van der Waals surface area contributed by atoms with Crippen molar-refractivity contribution in [3.05, 3.63) is 59.4 Å². The molecule has 1 N–H and O–H groups in total. The molecule has 1 aliphatic heterocycles. The van der Waals surface area contributed by atoms with E-state index in [1.807, 2.05) is 54.2 Å². The van der Waals surface area contributed by atoms with E-state index in [0.717, 1.165) is 54.7 Å². The van der Waals surface area contributed by atoms with Gasteiger partial charge < -0.3 is 14.6 Å². The van der Waals surface area contributed by atoms with Gasteiger partial charge in [0.05, 0.1) is 0 Å². The molecule has 1 saturated heterocycles. The first-order chi connectivity index (χ1) is 13.6. The normalized spacial score (nSPS) is 16.3. The summed E-state index contributed by atoms with van der Waals surface area (Å²) in [5.74, 6) is 1.68. The fourth-order valence-corrected chi connectivity index (χ4v) is 3.99. The van der Waals surface area contributed by atoms with Gasteiger partial charge in [-0.2, -0.15) is 0 Å². The number of benzene rings is 1. The maximum atomic E-state index is 10.1. The molecule has 0 spiro atoms. The number of piperidine rings is 1. The number of aromatic nitrogens is 4. The zero-order chi connectivity index (χ0) is 19.6. The van der Waals surface area contributed by atoms with E-state index < -0.39 is 0 Å². The molecule has 3 heterocycles. The Hall–Kier alpha value is -2.44. The molecule has 0 bridgehead atoms. The Balaban J connectivity index is 1.42. The molecule has 4 rings (SSSR count). The molecule has 7 heteroatoms. The lowest BCUT2D eigenvalue weighted by molar-refractivity contribution is 0.0961. The molecule has 146 valence electrons. The van der Waals surface area contributed by atoms with Crippen LogP contribution in [0.2, 0.25) is 5.02 Å². The number of hydrogen-bond donors (Lipinski definition) is 1. The van der Waals surface area contributed by atoms with Crippen LogP contribution in [0.25, 0.3) is 11.5 Å². The third-order valence-corrected chi connectivity index (χ3v) is 5.93. The van der Waals surface area contributed by atoms with Gasteiger partial charge in [-0.25, -0.2) is 4.98 Å². The van der Waals surface area contributed by atoms with E-state index in [0.29, 0.717) is 0 Å². The van der Waals surface area contributed by atoms with E-state index in [2.05, 4.69) is 20.1 Å². The molecular formula is C21H24ClN5O. The summed E-state index contributed by atoms with van der Waals surface area (Å²) < 4.78 is 1.93. The first kappa shape index (κ1) is 18.9. The average molecular weight is 398 g/mol. The van der Waals surface area contributed by atoms with Crippen molar-refractivity contribution in [2.75, 3.05) is 24.6 Å². The second-order valence-electron chi connectivity index (χ2n) is 7.59. The van der Waals surface area contributed by atoms with Crippen LogP contribution < -0.4 is 4.90 Å². The fourth-order valence-electron chi connectivity index (χ4n) is 3.86. The molecule has 6 nitrogen and oxygen atoms in total. The molecule has 0 aliphatic carbocycles. The SMILES string of the molecule is Cn1ccnc1-c1ccc(N2CCC(CO)(Cc3ccc(Cl)cc3)CC2)nn1. The van der Waals surface area contributed by atoms with E-state index in [9.17, 15) is 5.11 Å². The summed E-state index contributed by atoms with van der Waals surface area (Å²) >= 11 is 5.99. The molecule has 1 fully saturated rings. The van der Waals surface area contributed by atoms with Crippen molar-refractivity contribution in [1.82, 2.24) is 19.7 Å². The second-order valence-corrected chi connectivity index (χ2v) is 8.02. The Morgan fingerprint density at radius 3 is 2.39 bits per heavy atom. The van der Waals surface area contributed by atoms with E-state index in [4.69, 9.17) is 11.6 Å². The lowest BCUT2D eigenvalue weighted by Crippen LogP contribution is -2.43. The molecule has 1 aliphatic rings. The van der Waals surface area contributed by atoms with E-state index >= 15 is 0 Å². The van der Waals surface area contributed by atoms with Gasteiger partial charge in [0.1, 0.15) is 5.69 Å². The highest BCUT2D eigenvalue weighted by atomic mass is 35.5. The molecule has 0 radical (unpaired) electrons. The van der Waals surface area contributed by atoms with E-state index in [1.165, 1.54) is 5.56 Å². The maximum absolute atomic E-state index is 10.1. The number of halogens is 1. The Morgan fingerprint density at radius 2 is 1.82 bits per heavy atom. The van der Waals surface area contributed by atoms with Crippen molar-refractivity contribution in [3.63, 3.8) is 0 Å². The van der Waals surface area contributed by atoms with Gasteiger partial charge in [0, 0.05) is 49.6 Å². The largest absolute Gasteiger partial charge is 0.396 e. The minimum Gasteiger partial charge on any atom is -0.396 e. The molecule has 0 amide bonds. The second kappa shape index (κ2) is 7.89. The highest BCUT2D eigenvalue weighted by Crippen LogP contribution is 2.36. The Kier molecular flexibility index (Phi) is 5.33. The van der Waals surface area contributed by atoms with Crippen molar-refractivity contribution >= 4 is 17.4 Å². The Bertz CT molecular complexity index is 915. The van der Waals surface area contributed by atoms with Gasteiger partial charge >= 0.3 is 0 Å². The maximum Gasteiger partial charge on any atom is 0.160 e. The lowest BCUT2D eigenvalue weighted by Gasteiger charge is -2.41. The molecule has 0 unspecified atom stereocenters. The van der Waals surface area contributed by atoms with Crippen LogP contribution in [0.4, 0.5) is 5.82 Å². The average Bonchev–Trinajstić information content (AvgIpc) is 3.16. The summed E-state index contributed by atoms with van der Waals surface area (Å²) in [6, 6.07) is 11.9. The van der Waals surface area contributed by atoms with Crippen molar-refractivity contribution in [2.45, 2.75) is 19.3 Å². The number of rotatable bonds is 5. The van der Waals surface area contributed by atoms with E-state index in [1.54, 1.807) is 6.20 Å². The van der Waals surface area contributed by atoms with Crippen LogP contribution in [0, 0.1) is 5.41 Å². The number of nitrogens with zero attached hydrogens (tertiary/aromatic N) is 5. The van der Waals surface area contributed by atoms with Crippen LogP contribution >= 0.6 is 11.6 Å². The zero-order valence-electron chi connectivity index (χ0n) is 15.9. The third-order valence-electron chi connectivity index (χ3n) is 5.68. The summed E-state index contributed by atoms with van der Waals surface area (Å²) in [5, 5.41) is 19.6. The van der Waals surface area contributed by atoms with Gasteiger partial charge in [-0.3, -0.25) is 0 Å². The van der Waals surface area contributed by atoms with Gasteiger partial charge in [-0.1, -0.05) is 23.7 Å². The third kappa shape index (κ3) is 3.88. The topological polar surface area (TPSA) is 67.1 Å². The van der Waals surface area contributed by atoms with Crippen LogP contribution in [0.5, 0.6) is 0 Å². The summed E-state index contributed by atoms with van der Waals surface area (Å²) in [4.78, 5) is 6.56. The quantitative estimate of drug-likeness (QED) is 0.715. The minimum atomic E-state index is -0.0926. The highest BCUT2D eigenvalue weighted by molar-refractivity contribution is 6.30. The summed E-state index contributed by atoms with van der Waals surface area (Å²) in [7, 11) is 1.94. The molecule has 3 aromatic rings. The summed E-state index contributed by atoms with van der Waals surface area (Å²) in [5.41, 5.74) is 1.89. The summed E-state index contributed by atoms with van der Waals surface area (Å²) in [6.45, 7) is 1.89. The number of aryl methyl sites for hydroxylation is 1. The van der Waals surface area contributed by atoms with Gasteiger partial charge in [0.2, 0.25) is 0 Å². The van der Waals surface area contributed by atoms with Crippen LogP contribution in [0.1, 0.15) is 18.4 Å². The number of imidazole rings is 1. The van der Waals surface area contributed by atoms with Gasteiger partial charge in [-0.15, -0.1) is 10.2 Å². The van der Waals surface area contributed by atoms with E-state index in [-0.39, 0.29) is 12.0 Å². The standard InChI is InChI=1S/C21H24ClN5O/c1-26-13-10-23-20(26)18-6-7-19(25-24-18)27-11-8-21(15-28,9-12-27)14-16-2-4-17(22)5-3-16/h2-7,10,13,28H,8-9,11-12,14-15H2,1H3. The van der Waals surface area contributed by atoms with Crippen molar-refractivity contribution in [2.24, 2.45) is 12.5 Å². The first-order valence-electron chi connectivity index (χ1n) is 9.50. The lowest BCUT2D eigenvalue weighted by atomic mass is 9.74. The Labute approximate surface area is 169 Å². The molecule has 1 aromatic carbocycles. The first-order valence-corrected chi connectivity index (χ1v) is 9.88. The molecule has 28 heavy (non-hydrogen) atoms. The number of hydrogen-bond acceptors (Lipinski definition) is 5. The molecule has 0 saturated carbocycles. The number of aliphatic hydroxyl groups is 1. The predicted molar refractivity (Wildman–Crippen MR) is 110 cm³/mol. The zero-order valence-corrected chi connectivity index (χ0v) is 16.7.